The molecule has 0 saturated carbocycles. The fourth-order valence-electron chi connectivity index (χ4n) is 2.09. The van der Waals surface area contributed by atoms with Crippen LogP contribution in [-0.2, 0) is 9.59 Å². The summed E-state index contributed by atoms with van der Waals surface area (Å²) in [5.41, 5.74) is 0. The van der Waals surface area contributed by atoms with Crippen molar-refractivity contribution >= 4 is 11.7 Å². The molecule has 0 fully saturated rings. The van der Waals surface area contributed by atoms with Gasteiger partial charge >= 0.3 is 0 Å². The van der Waals surface area contributed by atoms with Crippen molar-refractivity contribution in [2.24, 2.45) is 0 Å². The van der Waals surface area contributed by atoms with Crippen molar-refractivity contribution in [3.05, 3.63) is 0 Å². The third-order valence-corrected chi connectivity index (χ3v) is 3.58. The lowest BCUT2D eigenvalue weighted by Crippen LogP contribution is -2.28. The van der Waals surface area contributed by atoms with Crippen LogP contribution in [0.15, 0.2) is 0 Å². The van der Waals surface area contributed by atoms with Crippen LogP contribution in [-0.4, -0.2) is 69.3 Å². The zero-order valence-electron chi connectivity index (χ0n) is 15.0. The first-order valence-corrected chi connectivity index (χ1v) is 8.49. The minimum absolute atomic E-state index is 0.139. The molecule has 5 heteroatoms. The summed E-state index contributed by atoms with van der Waals surface area (Å²) in [5, 5.41) is 2.95. The zero-order chi connectivity index (χ0) is 16.8. The van der Waals surface area contributed by atoms with Gasteiger partial charge in [0.05, 0.1) is 0 Å². The molecule has 1 amide bonds. The van der Waals surface area contributed by atoms with Crippen LogP contribution in [0.4, 0.5) is 0 Å². The van der Waals surface area contributed by atoms with Crippen molar-refractivity contribution in [1.29, 1.82) is 0 Å². The van der Waals surface area contributed by atoms with Crippen LogP contribution in [0.5, 0.6) is 0 Å². The third kappa shape index (κ3) is 15.4. The lowest BCUT2D eigenvalue weighted by molar-refractivity contribution is -0.121. The lowest BCUT2D eigenvalue weighted by Gasteiger charge is -2.09. The van der Waals surface area contributed by atoms with Crippen molar-refractivity contribution in [3.63, 3.8) is 0 Å². The second-order valence-electron chi connectivity index (χ2n) is 6.51. The van der Waals surface area contributed by atoms with Crippen LogP contribution >= 0.6 is 0 Å². The Kier molecular flexibility index (Phi) is 13.1. The number of nitrogens with one attached hydrogen (secondary N) is 1. The standard InChI is InChI=1S/C17H35N3O2/c1-19(2)14-11-16(21)10-8-6-5-7-9-13-18-17(22)12-15-20(3)4/h5-15H2,1-4H3,(H,18,22). The Hall–Kier alpha value is -0.940. The Labute approximate surface area is 136 Å². The van der Waals surface area contributed by atoms with Gasteiger partial charge in [0.15, 0.2) is 0 Å². The maximum Gasteiger partial charge on any atom is 0.221 e. The molecule has 0 aliphatic rings. The second-order valence-corrected chi connectivity index (χ2v) is 6.51. The number of hydrogen-bond acceptors (Lipinski definition) is 4. The molecule has 0 rings (SSSR count). The molecule has 0 heterocycles. The first kappa shape index (κ1) is 21.1. The summed E-state index contributed by atoms with van der Waals surface area (Å²) in [4.78, 5) is 27.1. The highest BCUT2D eigenvalue weighted by Crippen LogP contribution is 2.06. The van der Waals surface area contributed by atoms with Crippen LogP contribution in [0.2, 0.25) is 0 Å². The van der Waals surface area contributed by atoms with Gasteiger partial charge in [-0.1, -0.05) is 19.3 Å². The van der Waals surface area contributed by atoms with Crippen molar-refractivity contribution in [2.75, 3.05) is 47.8 Å². The molecule has 0 aromatic rings. The number of amides is 1. The molecule has 0 aromatic carbocycles. The van der Waals surface area contributed by atoms with Gasteiger partial charge in [0, 0.05) is 38.9 Å². The lowest BCUT2D eigenvalue weighted by atomic mass is 10.1. The van der Waals surface area contributed by atoms with E-state index in [1.165, 1.54) is 0 Å². The van der Waals surface area contributed by atoms with E-state index in [1.54, 1.807) is 0 Å². The maximum atomic E-state index is 11.6. The van der Waals surface area contributed by atoms with E-state index in [-0.39, 0.29) is 5.91 Å². The van der Waals surface area contributed by atoms with E-state index in [9.17, 15) is 9.59 Å². The molecule has 1 N–H and O–H groups in total. The quantitative estimate of drug-likeness (QED) is 0.498. The molecule has 22 heavy (non-hydrogen) atoms. The van der Waals surface area contributed by atoms with Gasteiger partial charge in [0.25, 0.3) is 0 Å². The number of carbonyl (C=O) groups excluding carboxylic acids is 2. The predicted molar refractivity (Wildman–Crippen MR) is 92.1 cm³/mol. The molecule has 5 nitrogen and oxygen atoms in total. The van der Waals surface area contributed by atoms with Crippen LogP contribution in [0.25, 0.3) is 0 Å². The number of Topliss-reactive ketones (excluding diaryl/α,β-unsaturated/α-hetero) is 1. The molecule has 0 aliphatic carbocycles. The molecular weight excluding hydrogens is 278 g/mol. The van der Waals surface area contributed by atoms with Gasteiger partial charge in [-0.3, -0.25) is 9.59 Å². The highest BCUT2D eigenvalue weighted by Gasteiger charge is 2.03. The number of carbonyl (C=O) groups is 2. The monoisotopic (exact) mass is 313 g/mol. The van der Waals surface area contributed by atoms with Gasteiger partial charge < -0.3 is 15.1 Å². The van der Waals surface area contributed by atoms with Gasteiger partial charge in [-0.15, -0.1) is 0 Å². The van der Waals surface area contributed by atoms with E-state index in [4.69, 9.17) is 0 Å². The van der Waals surface area contributed by atoms with E-state index in [2.05, 4.69) is 5.32 Å². The molecule has 0 aromatic heterocycles. The van der Waals surface area contributed by atoms with E-state index >= 15 is 0 Å². The Morgan fingerprint density at radius 1 is 0.727 bits per heavy atom. The summed E-state index contributed by atoms with van der Waals surface area (Å²) >= 11 is 0. The van der Waals surface area contributed by atoms with E-state index in [0.29, 0.717) is 18.6 Å². The van der Waals surface area contributed by atoms with E-state index in [1.807, 2.05) is 38.0 Å². The fourth-order valence-corrected chi connectivity index (χ4v) is 2.09. The predicted octanol–water partition coefficient (Wildman–Crippen LogP) is 1.92. The topological polar surface area (TPSA) is 52.7 Å². The highest BCUT2D eigenvalue weighted by molar-refractivity contribution is 5.78. The Balaban J connectivity index is 3.30. The number of nitrogens with zero attached hydrogens (tertiary/aromatic N) is 2. The second kappa shape index (κ2) is 13.7. The Morgan fingerprint density at radius 2 is 1.27 bits per heavy atom. The third-order valence-electron chi connectivity index (χ3n) is 3.58. The normalized spacial score (nSPS) is 11.2. The van der Waals surface area contributed by atoms with Gasteiger partial charge in [0.2, 0.25) is 5.91 Å². The summed E-state index contributed by atoms with van der Waals surface area (Å²) in [6.07, 6.45) is 7.38. The zero-order valence-corrected chi connectivity index (χ0v) is 15.0. The van der Waals surface area contributed by atoms with Crippen molar-refractivity contribution in [3.8, 4) is 0 Å². The minimum atomic E-state index is 0.139. The fraction of sp³-hybridized carbons (Fsp3) is 0.882. The molecule has 0 radical (unpaired) electrons. The first-order chi connectivity index (χ1) is 10.4. The van der Waals surface area contributed by atoms with Gasteiger partial charge in [-0.25, -0.2) is 0 Å². The smallest absolute Gasteiger partial charge is 0.221 e. The number of hydrogen-bond donors (Lipinski definition) is 1. The molecule has 0 unspecified atom stereocenters. The van der Waals surface area contributed by atoms with E-state index < -0.39 is 0 Å². The van der Waals surface area contributed by atoms with Crippen LogP contribution in [0, 0.1) is 0 Å². The summed E-state index contributed by atoms with van der Waals surface area (Å²) in [6.45, 7) is 2.42. The molecule has 0 saturated heterocycles. The Morgan fingerprint density at radius 3 is 1.91 bits per heavy atom. The summed E-state index contributed by atoms with van der Waals surface area (Å²) in [7, 11) is 7.93. The summed E-state index contributed by atoms with van der Waals surface area (Å²) in [6, 6.07) is 0. The number of ketones is 1. The van der Waals surface area contributed by atoms with Crippen molar-refractivity contribution in [1.82, 2.24) is 15.1 Å². The van der Waals surface area contributed by atoms with Crippen LogP contribution in [0.3, 0.4) is 0 Å². The highest BCUT2D eigenvalue weighted by atomic mass is 16.1. The van der Waals surface area contributed by atoms with E-state index in [0.717, 1.165) is 58.2 Å². The molecule has 0 aliphatic heterocycles. The number of unbranched alkanes of at least 4 members (excludes halogenated alkanes) is 4. The average Bonchev–Trinajstić information content (AvgIpc) is 2.45. The summed E-state index contributed by atoms with van der Waals surface area (Å²) in [5.74, 6) is 0.516. The largest absolute Gasteiger partial charge is 0.356 e. The van der Waals surface area contributed by atoms with Gasteiger partial charge in [-0.05, 0) is 41.0 Å². The van der Waals surface area contributed by atoms with Crippen molar-refractivity contribution in [2.45, 2.75) is 51.4 Å². The molecule has 0 spiro atoms. The molecule has 0 bridgehead atoms. The maximum absolute atomic E-state index is 11.6. The molecular formula is C17H35N3O2. The SMILES string of the molecule is CN(C)CCC(=O)CCCCCCCNC(=O)CCN(C)C. The summed E-state index contributed by atoms with van der Waals surface area (Å²) < 4.78 is 0. The molecule has 0 atom stereocenters. The van der Waals surface area contributed by atoms with Gasteiger partial charge in [0.1, 0.15) is 5.78 Å². The average molecular weight is 313 g/mol. The van der Waals surface area contributed by atoms with Crippen LogP contribution in [0.1, 0.15) is 51.4 Å². The first-order valence-electron chi connectivity index (χ1n) is 8.49. The van der Waals surface area contributed by atoms with Crippen LogP contribution < -0.4 is 5.32 Å². The number of rotatable bonds is 14. The molecule has 130 valence electrons. The Bertz CT molecular complexity index is 274. The van der Waals surface area contributed by atoms with Crippen molar-refractivity contribution < 1.29 is 9.59 Å². The minimum Gasteiger partial charge on any atom is -0.356 e. The van der Waals surface area contributed by atoms with Gasteiger partial charge in [-0.2, -0.15) is 0 Å².